The zero-order valence-electron chi connectivity index (χ0n) is 15.7. The van der Waals surface area contributed by atoms with E-state index in [4.69, 9.17) is 4.74 Å². The number of piperidine rings is 1. The summed E-state index contributed by atoms with van der Waals surface area (Å²) < 4.78 is 33.1. The molecule has 1 aliphatic carbocycles. The van der Waals surface area contributed by atoms with Crippen LogP contribution in [-0.4, -0.2) is 59.1 Å². The molecule has 9 heteroatoms. The van der Waals surface area contributed by atoms with Crippen LogP contribution >= 0.6 is 12.4 Å². The van der Waals surface area contributed by atoms with Crippen LogP contribution in [0.1, 0.15) is 36.0 Å². The average molecular weight is 418 g/mol. The lowest BCUT2D eigenvalue weighted by Gasteiger charge is -2.32. The van der Waals surface area contributed by atoms with E-state index in [-0.39, 0.29) is 35.0 Å². The van der Waals surface area contributed by atoms with Crippen molar-refractivity contribution in [1.82, 2.24) is 14.9 Å². The minimum Gasteiger partial charge on any atom is -0.495 e. The van der Waals surface area contributed by atoms with Gasteiger partial charge in [-0.1, -0.05) is 0 Å². The molecule has 1 aromatic carbocycles. The lowest BCUT2D eigenvalue weighted by molar-refractivity contribution is 0.0690. The summed E-state index contributed by atoms with van der Waals surface area (Å²) in [4.78, 5) is 14.7. The van der Waals surface area contributed by atoms with E-state index < -0.39 is 10.0 Å². The molecule has 0 bridgehead atoms. The average Bonchev–Trinajstić information content (AvgIpc) is 3.45. The van der Waals surface area contributed by atoms with Gasteiger partial charge in [0.15, 0.2) is 0 Å². The van der Waals surface area contributed by atoms with E-state index in [0.29, 0.717) is 24.6 Å². The SMILES string of the molecule is CNCC1CCN(C(=O)c2ccc(OC)c(S(=O)(=O)NC3CC3)c2)CC1.Cl. The van der Waals surface area contributed by atoms with Crippen molar-refractivity contribution in [3.8, 4) is 5.75 Å². The highest BCUT2D eigenvalue weighted by molar-refractivity contribution is 7.89. The van der Waals surface area contributed by atoms with Crippen LogP contribution in [0.15, 0.2) is 23.1 Å². The highest BCUT2D eigenvalue weighted by atomic mass is 35.5. The van der Waals surface area contributed by atoms with E-state index in [1.807, 2.05) is 7.05 Å². The number of rotatable bonds is 7. The number of carbonyl (C=O) groups is 1. The predicted octanol–water partition coefficient (Wildman–Crippen LogP) is 1.63. The molecule has 0 spiro atoms. The Morgan fingerprint density at radius 1 is 1.22 bits per heavy atom. The van der Waals surface area contributed by atoms with Crippen LogP contribution in [0.25, 0.3) is 0 Å². The van der Waals surface area contributed by atoms with Crippen molar-refractivity contribution in [3.05, 3.63) is 23.8 Å². The topological polar surface area (TPSA) is 87.7 Å². The number of ether oxygens (including phenoxy) is 1. The van der Waals surface area contributed by atoms with E-state index in [2.05, 4.69) is 10.0 Å². The Morgan fingerprint density at radius 2 is 1.89 bits per heavy atom. The molecule has 0 atom stereocenters. The number of benzene rings is 1. The highest BCUT2D eigenvalue weighted by Gasteiger charge is 2.31. The van der Waals surface area contributed by atoms with E-state index in [1.165, 1.54) is 13.2 Å². The molecule has 3 rings (SSSR count). The molecule has 1 aromatic rings. The molecule has 27 heavy (non-hydrogen) atoms. The van der Waals surface area contributed by atoms with Crippen molar-refractivity contribution in [1.29, 1.82) is 0 Å². The van der Waals surface area contributed by atoms with Gasteiger partial charge in [-0.2, -0.15) is 0 Å². The van der Waals surface area contributed by atoms with Gasteiger partial charge in [0.05, 0.1) is 7.11 Å². The zero-order chi connectivity index (χ0) is 18.7. The Hall–Kier alpha value is -1.35. The molecular weight excluding hydrogens is 390 g/mol. The van der Waals surface area contributed by atoms with Crippen LogP contribution in [-0.2, 0) is 10.0 Å². The summed E-state index contributed by atoms with van der Waals surface area (Å²) in [5.41, 5.74) is 0.383. The molecule has 0 unspecified atom stereocenters. The molecule has 1 saturated carbocycles. The second-order valence-electron chi connectivity index (χ2n) is 7.05. The van der Waals surface area contributed by atoms with E-state index in [0.717, 1.165) is 32.2 Å². The van der Waals surface area contributed by atoms with Crippen LogP contribution in [0.2, 0.25) is 0 Å². The van der Waals surface area contributed by atoms with Crippen molar-refractivity contribution in [2.75, 3.05) is 33.8 Å². The van der Waals surface area contributed by atoms with Crippen LogP contribution in [0, 0.1) is 5.92 Å². The number of amides is 1. The van der Waals surface area contributed by atoms with Crippen LogP contribution in [0.5, 0.6) is 5.75 Å². The van der Waals surface area contributed by atoms with Gasteiger partial charge in [0.2, 0.25) is 10.0 Å². The third kappa shape index (κ3) is 5.34. The Morgan fingerprint density at radius 3 is 2.44 bits per heavy atom. The smallest absolute Gasteiger partial charge is 0.253 e. The number of hydrogen-bond acceptors (Lipinski definition) is 5. The van der Waals surface area contributed by atoms with Gasteiger partial charge in [0.1, 0.15) is 10.6 Å². The number of carbonyl (C=O) groups excluding carboxylic acids is 1. The van der Waals surface area contributed by atoms with Gasteiger partial charge in [0, 0.05) is 24.7 Å². The Balaban J connectivity index is 0.00000261. The van der Waals surface area contributed by atoms with E-state index >= 15 is 0 Å². The fourth-order valence-electron chi connectivity index (χ4n) is 3.32. The summed E-state index contributed by atoms with van der Waals surface area (Å²) in [5.74, 6) is 0.708. The minimum atomic E-state index is -3.70. The lowest BCUT2D eigenvalue weighted by atomic mass is 9.96. The number of sulfonamides is 1. The molecule has 152 valence electrons. The molecule has 0 aromatic heterocycles. The predicted molar refractivity (Wildman–Crippen MR) is 106 cm³/mol. The summed E-state index contributed by atoms with van der Waals surface area (Å²) in [5, 5.41) is 3.18. The Kier molecular flexibility index (Phi) is 7.50. The number of hydrogen-bond donors (Lipinski definition) is 2. The van der Waals surface area contributed by atoms with Crippen molar-refractivity contribution >= 4 is 28.3 Å². The maximum absolute atomic E-state index is 12.8. The van der Waals surface area contributed by atoms with Gasteiger partial charge in [-0.05, 0) is 63.4 Å². The molecule has 1 aliphatic heterocycles. The third-order valence-corrected chi connectivity index (χ3v) is 6.54. The lowest BCUT2D eigenvalue weighted by Crippen LogP contribution is -2.40. The largest absolute Gasteiger partial charge is 0.495 e. The third-order valence-electron chi connectivity index (χ3n) is 4.99. The molecule has 2 aliphatic rings. The van der Waals surface area contributed by atoms with Crippen molar-refractivity contribution < 1.29 is 17.9 Å². The number of halogens is 1. The zero-order valence-corrected chi connectivity index (χ0v) is 17.4. The molecule has 0 radical (unpaired) electrons. The van der Waals surface area contributed by atoms with Crippen LogP contribution < -0.4 is 14.8 Å². The fraction of sp³-hybridized carbons (Fsp3) is 0.611. The van der Waals surface area contributed by atoms with Crippen LogP contribution in [0.3, 0.4) is 0 Å². The van der Waals surface area contributed by atoms with Gasteiger partial charge in [-0.3, -0.25) is 4.79 Å². The van der Waals surface area contributed by atoms with Crippen molar-refractivity contribution in [2.45, 2.75) is 36.6 Å². The molecule has 7 nitrogen and oxygen atoms in total. The first-order valence-corrected chi connectivity index (χ1v) is 10.6. The first kappa shape index (κ1) is 21.9. The summed E-state index contributed by atoms with van der Waals surface area (Å²) in [6.45, 7) is 2.35. The maximum atomic E-state index is 12.8. The highest BCUT2D eigenvalue weighted by Crippen LogP contribution is 2.29. The standard InChI is InChI=1S/C18H27N3O4S.ClH/c1-19-12-13-7-9-21(10-8-13)18(22)14-3-6-16(25-2)17(11-14)26(23,24)20-15-4-5-15;/h3,6,11,13,15,19-20H,4-5,7-10,12H2,1-2H3;1H. The number of likely N-dealkylation sites (tertiary alicyclic amines) is 1. The fourth-order valence-corrected chi connectivity index (χ4v) is 4.82. The molecule has 2 fully saturated rings. The van der Waals surface area contributed by atoms with Gasteiger partial charge in [-0.15, -0.1) is 12.4 Å². The van der Waals surface area contributed by atoms with Crippen LogP contribution in [0.4, 0.5) is 0 Å². The van der Waals surface area contributed by atoms with Gasteiger partial charge < -0.3 is 15.0 Å². The summed E-state index contributed by atoms with van der Waals surface area (Å²) >= 11 is 0. The maximum Gasteiger partial charge on any atom is 0.253 e. The van der Waals surface area contributed by atoms with E-state index in [9.17, 15) is 13.2 Å². The van der Waals surface area contributed by atoms with Crippen molar-refractivity contribution in [2.24, 2.45) is 5.92 Å². The summed E-state index contributed by atoms with van der Waals surface area (Å²) in [6.07, 6.45) is 3.61. The first-order chi connectivity index (χ1) is 12.4. The second-order valence-corrected chi connectivity index (χ2v) is 8.74. The normalized spacial score (nSPS) is 18.1. The quantitative estimate of drug-likeness (QED) is 0.704. The summed E-state index contributed by atoms with van der Waals surface area (Å²) in [6, 6.07) is 4.63. The first-order valence-electron chi connectivity index (χ1n) is 9.09. The van der Waals surface area contributed by atoms with Gasteiger partial charge in [-0.25, -0.2) is 13.1 Å². The number of methoxy groups -OCH3 is 1. The van der Waals surface area contributed by atoms with Gasteiger partial charge in [0.25, 0.3) is 5.91 Å². The monoisotopic (exact) mass is 417 g/mol. The number of nitrogens with one attached hydrogen (secondary N) is 2. The van der Waals surface area contributed by atoms with Crippen molar-refractivity contribution in [3.63, 3.8) is 0 Å². The minimum absolute atomic E-state index is 0. The molecule has 1 heterocycles. The Bertz CT molecular complexity index is 760. The number of nitrogens with zero attached hydrogens (tertiary/aromatic N) is 1. The van der Waals surface area contributed by atoms with Gasteiger partial charge >= 0.3 is 0 Å². The Labute approximate surface area is 167 Å². The molecule has 1 amide bonds. The van der Waals surface area contributed by atoms with E-state index in [1.54, 1.807) is 17.0 Å². The summed E-state index contributed by atoms with van der Waals surface area (Å²) in [7, 11) is -0.330. The molecule has 2 N–H and O–H groups in total. The molecular formula is C18H28ClN3O4S. The second kappa shape index (κ2) is 9.23. The molecule has 1 saturated heterocycles.